The van der Waals surface area contributed by atoms with Crippen molar-refractivity contribution >= 4 is 23.1 Å². The Morgan fingerprint density at radius 1 is 1.36 bits per heavy atom. The van der Waals surface area contributed by atoms with Gasteiger partial charge in [0.25, 0.3) is 0 Å². The molecule has 0 heterocycles. The van der Waals surface area contributed by atoms with Crippen molar-refractivity contribution < 1.29 is 77.5 Å². The van der Waals surface area contributed by atoms with Gasteiger partial charge in [0.2, 0.25) is 0 Å². The van der Waals surface area contributed by atoms with Crippen LogP contribution in [0.15, 0.2) is 34.1 Å². The Balaban J connectivity index is 0. The van der Waals surface area contributed by atoms with Gasteiger partial charge >= 0.3 is 59.1 Å². The van der Waals surface area contributed by atoms with Crippen LogP contribution < -0.4 is 64.4 Å². The predicted molar refractivity (Wildman–Crippen MR) is 40.6 cm³/mol. The average Bonchev–Trinajstić information content (AvgIpc) is 2.05. The summed E-state index contributed by atoms with van der Waals surface area (Å²) in [5, 5.41) is 9.69. The minimum absolute atomic E-state index is 0. The van der Waals surface area contributed by atoms with Gasteiger partial charge in [-0.1, -0.05) is 6.07 Å². The van der Waals surface area contributed by atoms with E-state index < -0.39 is 11.1 Å². The summed E-state index contributed by atoms with van der Waals surface area (Å²) in [6, 6.07) is 5.90. The summed E-state index contributed by atoms with van der Waals surface area (Å²) in [4.78, 5) is 0.601. The molecule has 0 saturated carbocycles. The maximum Gasteiger partial charge on any atom is 1.00 e. The molecule has 1 aromatic rings. The van der Waals surface area contributed by atoms with Gasteiger partial charge in [-0.05, 0) is 29.3 Å². The van der Waals surface area contributed by atoms with Gasteiger partial charge in [0.15, 0.2) is 0 Å². The van der Waals surface area contributed by atoms with Gasteiger partial charge in [-0.15, -0.1) is 0 Å². The van der Waals surface area contributed by atoms with Gasteiger partial charge in [0, 0.05) is 21.8 Å². The molecule has 0 aliphatic heterocycles. The van der Waals surface area contributed by atoms with Crippen LogP contribution in [0.1, 0.15) is 0 Å². The zero-order valence-corrected chi connectivity index (χ0v) is 13.4. The van der Waals surface area contributed by atoms with Gasteiger partial charge in [0.05, 0.1) is 0 Å². The third-order valence-corrected chi connectivity index (χ3v) is 2.28. The smallest absolute Gasteiger partial charge is 0.768 e. The van der Waals surface area contributed by atoms with Crippen molar-refractivity contribution in [3.63, 3.8) is 0 Å². The maximum atomic E-state index is 10.4. The zero-order chi connectivity index (χ0) is 8.97. The van der Waals surface area contributed by atoms with Crippen molar-refractivity contribution in [1.82, 2.24) is 0 Å². The van der Waals surface area contributed by atoms with Crippen LogP contribution in [-0.2, 0) is 15.4 Å². The van der Waals surface area contributed by atoms with E-state index in [-0.39, 0.29) is 64.0 Å². The van der Waals surface area contributed by atoms with Crippen molar-refractivity contribution in [3.8, 4) is 0 Å². The molecule has 4 nitrogen and oxygen atoms in total. The van der Waals surface area contributed by atoms with Gasteiger partial charge in [-0.3, -0.25) is 4.21 Å². The molecule has 0 radical (unpaired) electrons. The van der Waals surface area contributed by atoms with Gasteiger partial charge < -0.3 is 14.1 Å². The van der Waals surface area contributed by atoms with Gasteiger partial charge in [-0.2, -0.15) is 0 Å². The second kappa shape index (κ2) is 9.80. The third-order valence-electron chi connectivity index (χ3n) is 1.13. The topological polar surface area (TPSA) is 72.4 Å². The Bertz CT molecular complexity index is 297. The summed E-state index contributed by atoms with van der Waals surface area (Å²) in [5.41, 5.74) is 0. The fourth-order valence-corrected chi connectivity index (χ4v) is 1.54. The molecule has 0 aliphatic carbocycles. The van der Waals surface area contributed by atoms with E-state index in [1.165, 1.54) is 18.2 Å². The molecule has 0 saturated heterocycles. The van der Waals surface area contributed by atoms with E-state index in [9.17, 15) is 14.0 Å². The minimum Gasteiger partial charge on any atom is -0.768 e. The van der Waals surface area contributed by atoms with Crippen LogP contribution in [0.4, 0.5) is 0 Å². The van der Waals surface area contributed by atoms with E-state index in [2.05, 4.69) is 4.33 Å². The molecule has 0 aromatic heterocycles. The van der Waals surface area contributed by atoms with Crippen LogP contribution in [0, 0.1) is 0 Å². The Kier molecular flexibility index (Phi) is 12.6. The first-order chi connectivity index (χ1) is 5.74. The van der Waals surface area contributed by atoms with Crippen LogP contribution in [0.5, 0.6) is 0 Å². The maximum absolute atomic E-state index is 10.4. The molecule has 1 aromatic carbocycles. The number of rotatable bonds is 3. The fraction of sp³-hybridized carbons (Fsp3) is 0. The molecule has 0 bridgehead atoms. The van der Waals surface area contributed by atoms with E-state index in [4.69, 9.17) is 0 Å². The molecule has 0 spiro atoms. The quantitative estimate of drug-likeness (QED) is 0.176. The molecular weight excluding hydrogens is 246 g/mol. The monoisotopic (exact) mass is 250 g/mol. The predicted octanol–water partition coefficient (Wildman–Crippen LogP) is -5.77. The Morgan fingerprint density at radius 3 is 2.50 bits per heavy atom. The summed E-state index contributed by atoms with van der Waals surface area (Å²) >= 11 is -1.69. The minimum atomic E-state index is -2.26. The molecule has 1 rings (SSSR count). The molecule has 14 heavy (non-hydrogen) atoms. The van der Waals surface area contributed by atoms with Crippen LogP contribution in [0.25, 0.3) is 0 Å². The normalized spacial score (nSPS) is 11.0. The Labute approximate surface area is 133 Å². The Hall–Kier alpha value is 1.60. The first kappa shape index (κ1) is 18.0. The first-order valence-corrected chi connectivity index (χ1v) is 4.71. The summed E-state index contributed by atoms with van der Waals surface area (Å²) in [6.07, 6.45) is 0. The second-order valence-electron chi connectivity index (χ2n) is 1.86. The van der Waals surface area contributed by atoms with Crippen LogP contribution in [0.2, 0.25) is 0 Å². The van der Waals surface area contributed by atoms with Crippen LogP contribution in [0.3, 0.4) is 0 Å². The molecule has 1 unspecified atom stereocenters. The molecule has 0 aliphatic rings. The molecule has 8 heteroatoms. The van der Waals surface area contributed by atoms with E-state index >= 15 is 0 Å². The van der Waals surface area contributed by atoms with Crippen molar-refractivity contribution in [2.45, 2.75) is 9.79 Å². The SMILES string of the molecule is O=S([O-])c1cccc(SO[O-])c1.[Na+].[Na+]. The summed E-state index contributed by atoms with van der Waals surface area (Å²) < 4.78 is 24.4. The molecule has 0 N–H and O–H groups in total. The molecular formula is C6H4Na2O4S2. The average molecular weight is 250 g/mol. The summed E-state index contributed by atoms with van der Waals surface area (Å²) in [6.45, 7) is 0. The fourth-order valence-electron chi connectivity index (χ4n) is 0.669. The van der Waals surface area contributed by atoms with Gasteiger partial charge in [-0.25, -0.2) is 0 Å². The van der Waals surface area contributed by atoms with E-state index in [1.807, 2.05) is 0 Å². The van der Waals surface area contributed by atoms with E-state index in [0.29, 0.717) is 16.9 Å². The first-order valence-electron chi connectivity index (χ1n) is 2.90. The van der Waals surface area contributed by atoms with Crippen LogP contribution >= 0.6 is 12.0 Å². The summed E-state index contributed by atoms with van der Waals surface area (Å²) in [5.74, 6) is 0. The van der Waals surface area contributed by atoms with Crippen molar-refractivity contribution in [1.29, 1.82) is 0 Å². The molecule has 66 valence electrons. The van der Waals surface area contributed by atoms with Crippen molar-refractivity contribution in [3.05, 3.63) is 24.3 Å². The van der Waals surface area contributed by atoms with Gasteiger partial charge in [0.1, 0.15) is 0 Å². The number of hydrogen-bond acceptors (Lipinski definition) is 5. The van der Waals surface area contributed by atoms with E-state index in [1.54, 1.807) is 6.07 Å². The number of hydrogen-bond donors (Lipinski definition) is 0. The zero-order valence-electron chi connectivity index (χ0n) is 7.76. The standard InChI is InChI=1S/C6H6O4S2.2Na/c7-10-11-5-2-1-3-6(4-5)12(8)9;;/h1-4,7H,(H,8,9);;/q;2*+1/p-2. The van der Waals surface area contributed by atoms with Crippen LogP contribution in [-0.4, -0.2) is 8.76 Å². The summed E-state index contributed by atoms with van der Waals surface area (Å²) in [7, 11) is 0. The van der Waals surface area contributed by atoms with Crippen molar-refractivity contribution in [2.75, 3.05) is 0 Å². The van der Waals surface area contributed by atoms with Crippen molar-refractivity contribution in [2.24, 2.45) is 0 Å². The molecule has 1 atom stereocenters. The molecule has 0 amide bonds. The second-order valence-corrected chi connectivity index (χ2v) is 3.58. The number of benzene rings is 1. The third kappa shape index (κ3) is 6.24. The largest absolute Gasteiger partial charge is 1.00 e. The van der Waals surface area contributed by atoms with E-state index in [0.717, 1.165) is 0 Å². The molecule has 0 fully saturated rings. The Morgan fingerprint density at radius 2 is 2.00 bits per heavy atom.